The largest absolute Gasteiger partial charge is 0.325 e. The van der Waals surface area contributed by atoms with Crippen molar-refractivity contribution in [3.05, 3.63) is 80.6 Å². The van der Waals surface area contributed by atoms with Crippen LogP contribution in [0.25, 0.3) is 0 Å². The van der Waals surface area contributed by atoms with E-state index in [1.54, 1.807) is 18.2 Å². The fraction of sp³-hybridized carbons (Fsp3) is 0.217. The van der Waals surface area contributed by atoms with Gasteiger partial charge in [0.05, 0.1) is 11.5 Å². The highest BCUT2D eigenvalue weighted by Crippen LogP contribution is 2.31. The van der Waals surface area contributed by atoms with E-state index in [-0.39, 0.29) is 23.7 Å². The van der Waals surface area contributed by atoms with Crippen molar-refractivity contribution in [3.63, 3.8) is 0 Å². The first kappa shape index (κ1) is 22.1. The minimum atomic E-state index is -0.946. The van der Waals surface area contributed by atoms with Crippen molar-refractivity contribution < 1.29 is 9.59 Å². The number of aromatic amines is 1. The van der Waals surface area contributed by atoms with E-state index < -0.39 is 17.4 Å². The molecule has 0 fully saturated rings. The summed E-state index contributed by atoms with van der Waals surface area (Å²) < 4.78 is 0. The zero-order valence-corrected chi connectivity index (χ0v) is 18.8. The van der Waals surface area contributed by atoms with E-state index in [1.165, 1.54) is 17.3 Å². The Balaban J connectivity index is 1.52. The zero-order valence-electron chi connectivity index (χ0n) is 17.3. The molecule has 0 saturated heterocycles. The van der Waals surface area contributed by atoms with Crippen molar-refractivity contribution >= 4 is 46.7 Å². The molecule has 0 saturated carbocycles. The summed E-state index contributed by atoms with van der Waals surface area (Å²) in [6.07, 6.45) is 0.673. The second-order valence-electron chi connectivity index (χ2n) is 7.48. The van der Waals surface area contributed by atoms with E-state index in [2.05, 4.69) is 20.6 Å². The maximum atomic E-state index is 12.9. The number of benzene rings is 2. The molecule has 2 aromatic carbocycles. The van der Waals surface area contributed by atoms with Gasteiger partial charge in [-0.1, -0.05) is 59.8 Å². The number of aromatic nitrogens is 2. The topological polar surface area (TPSA) is 104 Å². The van der Waals surface area contributed by atoms with Crippen LogP contribution in [0.1, 0.15) is 29.0 Å². The predicted octanol–water partition coefficient (Wildman–Crippen LogP) is 4.13. The Morgan fingerprint density at radius 3 is 2.75 bits per heavy atom. The maximum Gasteiger partial charge on any atom is 0.257 e. The van der Waals surface area contributed by atoms with Crippen LogP contribution in [-0.2, 0) is 16.0 Å². The summed E-state index contributed by atoms with van der Waals surface area (Å²) in [7, 11) is 0. The Morgan fingerprint density at radius 1 is 1.22 bits per heavy atom. The molecule has 0 unspecified atom stereocenters. The fourth-order valence-corrected chi connectivity index (χ4v) is 4.49. The molecular formula is C23H21ClN4O3S. The molecule has 4 rings (SSSR count). The Bertz CT molecular complexity index is 1230. The van der Waals surface area contributed by atoms with Crippen LogP contribution in [0.15, 0.2) is 58.5 Å². The summed E-state index contributed by atoms with van der Waals surface area (Å²) in [4.78, 5) is 45.1. The summed E-state index contributed by atoms with van der Waals surface area (Å²) in [5.74, 6) is -0.930. The van der Waals surface area contributed by atoms with Gasteiger partial charge in [0.1, 0.15) is 5.82 Å². The lowest BCUT2D eigenvalue weighted by molar-refractivity contribution is -0.123. The molecule has 1 aliphatic rings. The van der Waals surface area contributed by atoms with Crippen LogP contribution in [0, 0.1) is 6.92 Å². The molecule has 1 aromatic heterocycles. The third-order valence-electron chi connectivity index (χ3n) is 5.16. The van der Waals surface area contributed by atoms with Crippen molar-refractivity contribution in [2.24, 2.45) is 0 Å². The molecule has 9 heteroatoms. The van der Waals surface area contributed by atoms with Gasteiger partial charge >= 0.3 is 0 Å². The van der Waals surface area contributed by atoms with Gasteiger partial charge in [-0.2, -0.15) is 0 Å². The Morgan fingerprint density at radius 2 is 2.00 bits per heavy atom. The number of nitrogens with zero attached hydrogens (tertiary/aromatic N) is 1. The third kappa shape index (κ3) is 5.03. The summed E-state index contributed by atoms with van der Waals surface area (Å²) in [5, 5.41) is 6.29. The first-order valence-electron chi connectivity index (χ1n) is 10.1. The van der Waals surface area contributed by atoms with Crippen LogP contribution >= 0.6 is 23.4 Å². The molecule has 1 atom stereocenters. The minimum Gasteiger partial charge on any atom is -0.325 e. The molecule has 3 aromatic rings. The van der Waals surface area contributed by atoms with Crippen molar-refractivity contribution in [3.8, 4) is 0 Å². The van der Waals surface area contributed by atoms with Gasteiger partial charge in [0.15, 0.2) is 5.16 Å². The van der Waals surface area contributed by atoms with Gasteiger partial charge in [0, 0.05) is 22.9 Å². The number of fused-ring (bicyclic) bond motifs is 1. The first-order valence-corrected chi connectivity index (χ1v) is 11.4. The third-order valence-corrected chi connectivity index (χ3v) is 6.44. The average Bonchev–Trinajstić information content (AvgIpc) is 2.76. The number of hydrogen-bond acceptors (Lipinski definition) is 5. The molecule has 164 valence electrons. The number of aryl methyl sites for hydroxylation is 2. The molecule has 2 heterocycles. The molecular weight excluding hydrogens is 448 g/mol. The number of hydrogen-bond donors (Lipinski definition) is 3. The highest BCUT2D eigenvalue weighted by molar-refractivity contribution is 7.99. The number of H-pyrrole nitrogens is 1. The van der Waals surface area contributed by atoms with E-state index in [9.17, 15) is 14.4 Å². The lowest BCUT2D eigenvalue weighted by Crippen LogP contribution is -2.36. The summed E-state index contributed by atoms with van der Waals surface area (Å²) in [6, 6.07) is 15.1. The second-order valence-corrected chi connectivity index (χ2v) is 8.97. The van der Waals surface area contributed by atoms with E-state index in [0.29, 0.717) is 21.6 Å². The van der Waals surface area contributed by atoms with Crippen molar-refractivity contribution in [2.75, 3.05) is 16.4 Å². The fourth-order valence-electron chi connectivity index (χ4n) is 3.45. The summed E-state index contributed by atoms with van der Waals surface area (Å²) in [6.45, 7) is 1.86. The smallest absolute Gasteiger partial charge is 0.257 e. The SMILES string of the molecule is Cc1ccc(NC(=O)[C@H]2CC(=O)Nc3nc(SCCc4ccccc4)[nH]c(=O)c32)cc1Cl. The molecule has 7 nitrogen and oxygen atoms in total. The van der Waals surface area contributed by atoms with Crippen LogP contribution < -0.4 is 16.2 Å². The van der Waals surface area contributed by atoms with E-state index in [0.717, 1.165) is 12.0 Å². The number of amides is 2. The van der Waals surface area contributed by atoms with Crippen molar-refractivity contribution in [2.45, 2.75) is 30.8 Å². The molecule has 1 aliphatic heterocycles. The molecule has 32 heavy (non-hydrogen) atoms. The van der Waals surface area contributed by atoms with E-state index in [4.69, 9.17) is 11.6 Å². The maximum absolute atomic E-state index is 12.9. The van der Waals surface area contributed by atoms with Crippen LogP contribution in [-0.4, -0.2) is 27.5 Å². The van der Waals surface area contributed by atoms with Crippen molar-refractivity contribution in [1.82, 2.24) is 9.97 Å². The van der Waals surface area contributed by atoms with Crippen molar-refractivity contribution in [1.29, 1.82) is 0 Å². The highest BCUT2D eigenvalue weighted by atomic mass is 35.5. The predicted molar refractivity (Wildman–Crippen MR) is 127 cm³/mol. The molecule has 0 radical (unpaired) electrons. The minimum absolute atomic E-state index is 0.134. The Labute approximate surface area is 194 Å². The normalized spacial score (nSPS) is 15.1. The van der Waals surface area contributed by atoms with Crippen LogP contribution in [0.5, 0.6) is 0 Å². The van der Waals surface area contributed by atoms with Crippen LogP contribution in [0.3, 0.4) is 0 Å². The Kier molecular flexibility index (Phi) is 6.62. The van der Waals surface area contributed by atoms with E-state index >= 15 is 0 Å². The van der Waals surface area contributed by atoms with Crippen LogP contribution in [0.2, 0.25) is 5.02 Å². The van der Waals surface area contributed by atoms with Gasteiger partial charge in [0.2, 0.25) is 11.8 Å². The lowest BCUT2D eigenvalue weighted by Gasteiger charge is -2.23. The highest BCUT2D eigenvalue weighted by Gasteiger charge is 2.34. The zero-order chi connectivity index (χ0) is 22.7. The number of carbonyl (C=O) groups is 2. The number of rotatable bonds is 6. The molecule has 2 amide bonds. The molecule has 0 bridgehead atoms. The van der Waals surface area contributed by atoms with Crippen LogP contribution in [0.4, 0.5) is 11.5 Å². The second kappa shape index (κ2) is 9.58. The number of nitrogens with one attached hydrogen (secondary N) is 3. The Hall–Kier alpha value is -3.10. The molecule has 3 N–H and O–H groups in total. The monoisotopic (exact) mass is 468 g/mol. The number of thioether (sulfide) groups is 1. The standard InChI is InChI=1S/C23H21ClN4O3S/c1-13-7-8-15(11-17(13)24)25-21(30)16-12-18(29)26-20-19(16)22(31)28-23(27-20)32-10-9-14-5-3-2-4-6-14/h2-8,11,16H,9-10,12H2,1H3,(H,25,30)(H2,26,27,28,29,31)/t16-/m0/s1. The van der Waals surface area contributed by atoms with Gasteiger partial charge < -0.3 is 15.6 Å². The average molecular weight is 469 g/mol. The lowest BCUT2D eigenvalue weighted by atomic mass is 9.92. The van der Waals surface area contributed by atoms with Gasteiger partial charge in [0.25, 0.3) is 5.56 Å². The summed E-state index contributed by atoms with van der Waals surface area (Å²) >= 11 is 7.51. The van der Waals surface area contributed by atoms with Gasteiger partial charge in [-0.05, 0) is 36.6 Å². The van der Waals surface area contributed by atoms with Gasteiger partial charge in [-0.15, -0.1) is 0 Å². The molecule has 0 spiro atoms. The van der Waals surface area contributed by atoms with Gasteiger partial charge in [-0.25, -0.2) is 4.98 Å². The number of carbonyl (C=O) groups excluding carboxylic acids is 2. The first-order chi connectivity index (χ1) is 15.4. The number of anilines is 2. The quantitative estimate of drug-likeness (QED) is 0.372. The van der Waals surface area contributed by atoms with Gasteiger partial charge in [-0.3, -0.25) is 14.4 Å². The van der Waals surface area contributed by atoms with E-state index in [1.807, 2.05) is 37.3 Å². The summed E-state index contributed by atoms with van der Waals surface area (Å²) in [5.41, 5.74) is 2.29. The number of halogens is 1. The molecule has 0 aliphatic carbocycles.